The summed E-state index contributed by atoms with van der Waals surface area (Å²) in [5.41, 5.74) is 0. The fraction of sp³-hybridized carbons (Fsp3) is 0.562. The standard InChI is InChI=1S/C16H24N2O2/c1-3-18-11-9-14(10-12-18)17-16(19)13(2)20-15-7-5-4-6-8-15/h4-8,13-14H,3,9-12H2,1-2H3,(H,17,19)/t13-/m1/s1. The van der Waals surface area contributed by atoms with E-state index in [2.05, 4.69) is 17.1 Å². The van der Waals surface area contributed by atoms with E-state index < -0.39 is 6.10 Å². The number of rotatable bonds is 5. The first-order valence-electron chi connectivity index (χ1n) is 7.43. The van der Waals surface area contributed by atoms with Crippen LogP contribution in [0.25, 0.3) is 0 Å². The minimum absolute atomic E-state index is 0.0243. The van der Waals surface area contributed by atoms with Crippen molar-refractivity contribution >= 4 is 5.91 Å². The van der Waals surface area contributed by atoms with Crippen LogP contribution in [0, 0.1) is 0 Å². The van der Waals surface area contributed by atoms with Crippen molar-refractivity contribution in [2.75, 3.05) is 19.6 Å². The zero-order valence-corrected chi connectivity index (χ0v) is 12.3. The van der Waals surface area contributed by atoms with Crippen LogP contribution in [0.1, 0.15) is 26.7 Å². The number of para-hydroxylation sites is 1. The molecular formula is C16H24N2O2. The molecule has 20 heavy (non-hydrogen) atoms. The molecule has 0 unspecified atom stereocenters. The van der Waals surface area contributed by atoms with Gasteiger partial charge in [-0.2, -0.15) is 0 Å². The lowest BCUT2D eigenvalue weighted by molar-refractivity contribution is -0.128. The highest BCUT2D eigenvalue weighted by molar-refractivity contribution is 5.81. The van der Waals surface area contributed by atoms with Gasteiger partial charge in [0.25, 0.3) is 5.91 Å². The molecule has 1 N–H and O–H groups in total. The first kappa shape index (κ1) is 14.9. The van der Waals surface area contributed by atoms with Gasteiger partial charge in [-0.1, -0.05) is 25.1 Å². The number of hydrogen-bond acceptors (Lipinski definition) is 3. The lowest BCUT2D eigenvalue weighted by Crippen LogP contribution is -2.48. The number of hydrogen-bond donors (Lipinski definition) is 1. The van der Waals surface area contributed by atoms with Crippen molar-refractivity contribution in [3.05, 3.63) is 30.3 Å². The largest absolute Gasteiger partial charge is 0.481 e. The van der Waals surface area contributed by atoms with Gasteiger partial charge in [-0.15, -0.1) is 0 Å². The molecule has 110 valence electrons. The second-order valence-electron chi connectivity index (χ2n) is 5.29. The maximum absolute atomic E-state index is 12.1. The Morgan fingerprint density at radius 1 is 1.35 bits per heavy atom. The molecule has 1 heterocycles. The van der Waals surface area contributed by atoms with E-state index in [9.17, 15) is 4.79 Å². The fourth-order valence-corrected chi connectivity index (χ4v) is 2.47. The van der Waals surface area contributed by atoms with Gasteiger partial charge in [-0.3, -0.25) is 4.79 Å². The van der Waals surface area contributed by atoms with E-state index in [4.69, 9.17) is 4.74 Å². The normalized spacial score (nSPS) is 18.5. The van der Waals surface area contributed by atoms with Gasteiger partial charge in [0.05, 0.1) is 0 Å². The summed E-state index contributed by atoms with van der Waals surface area (Å²) in [6.07, 6.45) is 1.59. The number of nitrogens with zero attached hydrogens (tertiary/aromatic N) is 1. The van der Waals surface area contributed by atoms with E-state index in [0.717, 1.165) is 38.2 Å². The Bertz CT molecular complexity index is 414. The smallest absolute Gasteiger partial charge is 0.260 e. The van der Waals surface area contributed by atoms with Crippen LogP contribution in [0.5, 0.6) is 5.75 Å². The van der Waals surface area contributed by atoms with E-state index in [1.54, 1.807) is 6.92 Å². The molecule has 0 saturated carbocycles. The molecule has 4 nitrogen and oxygen atoms in total. The van der Waals surface area contributed by atoms with Gasteiger partial charge in [0.2, 0.25) is 0 Å². The van der Waals surface area contributed by atoms with Crippen molar-refractivity contribution in [1.29, 1.82) is 0 Å². The molecule has 1 aliphatic rings. The van der Waals surface area contributed by atoms with Gasteiger partial charge >= 0.3 is 0 Å². The molecule has 1 aromatic rings. The minimum Gasteiger partial charge on any atom is -0.481 e. The molecule has 1 aliphatic heterocycles. The molecule has 0 radical (unpaired) electrons. The molecule has 0 spiro atoms. The summed E-state index contributed by atoms with van der Waals surface area (Å²) in [5.74, 6) is 0.708. The summed E-state index contributed by atoms with van der Waals surface area (Å²) < 4.78 is 5.64. The molecule has 1 aromatic carbocycles. The van der Waals surface area contributed by atoms with E-state index in [-0.39, 0.29) is 11.9 Å². The van der Waals surface area contributed by atoms with Gasteiger partial charge in [0, 0.05) is 19.1 Å². The average molecular weight is 276 g/mol. The van der Waals surface area contributed by atoms with Crippen LogP contribution in [-0.4, -0.2) is 42.6 Å². The molecule has 1 fully saturated rings. The number of benzene rings is 1. The summed E-state index contributed by atoms with van der Waals surface area (Å²) in [7, 11) is 0. The minimum atomic E-state index is -0.457. The van der Waals surface area contributed by atoms with Crippen LogP contribution < -0.4 is 10.1 Å². The third kappa shape index (κ3) is 4.23. The van der Waals surface area contributed by atoms with Crippen LogP contribution in [0.3, 0.4) is 0 Å². The first-order chi connectivity index (χ1) is 9.69. The van der Waals surface area contributed by atoms with Crippen LogP contribution in [0.2, 0.25) is 0 Å². The Morgan fingerprint density at radius 3 is 2.60 bits per heavy atom. The van der Waals surface area contributed by atoms with Crippen molar-refractivity contribution in [3.63, 3.8) is 0 Å². The molecule has 0 aromatic heterocycles. The van der Waals surface area contributed by atoms with Gasteiger partial charge in [-0.25, -0.2) is 0 Å². The third-order valence-corrected chi connectivity index (χ3v) is 3.81. The molecule has 4 heteroatoms. The summed E-state index contributed by atoms with van der Waals surface area (Å²) in [6, 6.07) is 9.75. The predicted octanol–water partition coefficient (Wildman–Crippen LogP) is 2.05. The van der Waals surface area contributed by atoms with Gasteiger partial charge in [0.15, 0.2) is 6.10 Å². The molecule has 1 atom stereocenters. The Morgan fingerprint density at radius 2 is 2.00 bits per heavy atom. The zero-order chi connectivity index (χ0) is 14.4. The second-order valence-corrected chi connectivity index (χ2v) is 5.29. The number of likely N-dealkylation sites (tertiary alicyclic amines) is 1. The van der Waals surface area contributed by atoms with Gasteiger partial charge < -0.3 is 15.0 Å². The van der Waals surface area contributed by atoms with Crippen molar-refractivity contribution in [3.8, 4) is 5.75 Å². The van der Waals surface area contributed by atoms with Crippen LogP contribution in [-0.2, 0) is 4.79 Å². The highest BCUT2D eigenvalue weighted by atomic mass is 16.5. The van der Waals surface area contributed by atoms with E-state index in [0.29, 0.717) is 0 Å². The van der Waals surface area contributed by atoms with E-state index >= 15 is 0 Å². The van der Waals surface area contributed by atoms with Crippen LogP contribution >= 0.6 is 0 Å². The predicted molar refractivity (Wildman–Crippen MR) is 79.8 cm³/mol. The summed E-state index contributed by atoms with van der Waals surface area (Å²) in [6.45, 7) is 7.19. The SMILES string of the molecule is CCN1CCC(NC(=O)[C@@H](C)Oc2ccccc2)CC1. The average Bonchev–Trinajstić information content (AvgIpc) is 2.49. The van der Waals surface area contributed by atoms with Crippen molar-refractivity contribution in [1.82, 2.24) is 10.2 Å². The van der Waals surface area contributed by atoms with Crippen molar-refractivity contribution in [2.24, 2.45) is 0 Å². The van der Waals surface area contributed by atoms with E-state index in [1.165, 1.54) is 0 Å². The number of amides is 1. The first-order valence-corrected chi connectivity index (χ1v) is 7.43. The molecule has 1 saturated heterocycles. The van der Waals surface area contributed by atoms with Crippen LogP contribution in [0.4, 0.5) is 0 Å². The Hall–Kier alpha value is -1.55. The molecular weight excluding hydrogens is 252 g/mol. The molecule has 0 bridgehead atoms. The van der Waals surface area contributed by atoms with Crippen LogP contribution in [0.15, 0.2) is 30.3 Å². The highest BCUT2D eigenvalue weighted by Crippen LogP contribution is 2.13. The van der Waals surface area contributed by atoms with Crippen molar-refractivity contribution in [2.45, 2.75) is 38.8 Å². The highest BCUT2D eigenvalue weighted by Gasteiger charge is 2.22. The van der Waals surface area contributed by atoms with E-state index in [1.807, 2.05) is 30.3 Å². The maximum atomic E-state index is 12.1. The number of nitrogens with one attached hydrogen (secondary N) is 1. The fourth-order valence-electron chi connectivity index (χ4n) is 2.47. The quantitative estimate of drug-likeness (QED) is 0.895. The molecule has 2 rings (SSSR count). The number of carbonyl (C=O) groups is 1. The summed E-state index contributed by atoms with van der Waals surface area (Å²) >= 11 is 0. The zero-order valence-electron chi connectivity index (χ0n) is 12.3. The molecule has 0 aliphatic carbocycles. The monoisotopic (exact) mass is 276 g/mol. The number of carbonyl (C=O) groups excluding carboxylic acids is 1. The van der Waals surface area contributed by atoms with Gasteiger partial charge in [0.1, 0.15) is 5.75 Å². The van der Waals surface area contributed by atoms with Gasteiger partial charge in [-0.05, 0) is 38.4 Å². The topological polar surface area (TPSA) is 41.6 Å². The lowest BCUT2D eigenvalue weighted by Gasteiger charge is -2.32. The second kappa shape index (κ2) is 7.29. The maximum Gasteiger partial charge on any atom is 0.260 e. The number of piperidine rings is 1. The Labute approximate surface area is 121 Å². The lowest BCUT2D eigenvalue weighted by atomic mass is 10.0. The Balaban J connectivity index is 1.77. The van der Waals surface area contributed by atoms with Crippen molar-refractivity contribution < 1.29 is 9.53 Å². The summed E-state index contributed by atoms with van der Waals surface area (Å²) in [5, 5.41) is 3.09. The summed E-state index contributed by atoms with van der Waals surface area (Å²) in [4.78, 5) is 14.5. The Kier molecular flexibility index (Phi) is 5.41. The molecule has 1 amide bonds. The third-order valence-electron chi connectivity index (χ3n) is 3.81. The number of ether oxygens (including phenoxy) is 1.